The van der Waals surface area contributed by atoms with E-state index in [2.05, 4.69) is 4.98 Å². The standard InChI is InChI=1S/C22H14ClFN2O3/c23-14-10-8-13(9-11-14)20(27)18-19(15-5-1-2-6-16(15)24)26(22(29)21(18)28)17-7-3-4-12-25-17/h1-12,19,27H/t19-/m0/s1. The summed E-state index contributed by atoms with van der Waals surface area (Å²) in [5.74, 6) is -2.66. The molecule has 0 spiro atoms. The number of amides is 1. The molecular formula is C22H14ClFN2O3. The van der Waals surface area contributed by atoms with E-state index in [1.807, 2.05) is 0 Å². The monoisotopic (exact) mass is 408 g/mol. The lowest BCUT2D eigenvalue weighted by Crippen LogP contribution is -2.30. The molecule has 5 nitrogen and oxygen atoms in total. The second-order valence-corrected chi connectivity index (χ2v) is 6.82. The minimum absolute atomic E-state index is 0.0767. The topological polar surface area (TPSA) is 70.5 Å². The number of aliphatic hydroxyl groups excluding tert-OH is 1. The molecule has 0 aliphatic carbocycles. The smallest absolute Gasteiger partial charge is 0.301 e. The first-order valence-electron chi connectivity index (χ1n) is 8.71. The third kappa shape index (κ3) is 3.28. The van der Waals surface area contributed by atoms with Gasteiger partial charge in [-0.05, 0) is 42.5 Å². The Labute approximate surface area is 170 Å². The van der Waals surface area contributed by atoms with Crippen molar-refractivity contribution in [2.75, 3.05) is 4.90 Å². The molecule has 1 aliphatic rings. The van der Waals surface area contributed by atoms with E-state index >= 15 is 0 Å². The van der Waals surface area contributed by atoms with Crippen LogP contribution in [0.5, 0.6) is 0 Å². The van der Waals surface area contributed by atoms with Crippen molar-refractivity contribution in [3.8, 4) is 0 Å². The Hall–Kier alpha value is -3.51. The van der Waals surface area contributed by atoms with Crippen molar-refractivity contribution in [3.63, 3.8) is 0 Å². The summed E-state index contributed by atoms with van der Waals surface area (Å²) < 4.78 is 14.7. The fourth-order valence-corrected chi connectivity index (χ4v) is 3.45. The molecule has 1 saturated heterocycles. The van der Waals surface area contributed by atoms with Crippen molar-refractivity contribution in [1.29, 1.82) is 0 Å². The minimum Gasteiger partial charge on any atom is -0.507 e. The van der Waals surface area contributed by atoms with Crippen LogP contribution in [0.25, 0.3) is 5.76 Å². The van der Waals surface area contributed by atoms with Crippen LogP contribution in [0.3, 0.4) is 0 Å². The summed E-state index contributed by atoms with van der Waals surface area (Å²) >= 11 is 5.89. The number of carbonyl (C=O) groups is 2. The third-order valence-electron chi connectivity index (χ3n) is 4.66. The molecule has 1 atom stereocenters. The number of hydrogen-bond donors (Lipinski definition) is 1. The van der Waals surface area contributed by atoms with Gasteiger partial charge in [0.25, 0.3) is 5.78 Å². The number of hydrogen-bond acceptors (Lipinski definition) is 4. The Morgan fingerprint density at radius 1 is 1.00 bits per heavy atom. The average molecular weight is 409 g/mol. The molecule has 2 heterocycles. The Morgan fingerprint density at radius 2 is 1.69 bits per heavy atom. The number of ketones is 1. The van der Waals surface area contributed by atoms with Gasteiger partial charge in [0.05, 0.1) is 11.6 Å². The van der Waals surface area contributed by atoms with Crippen LogP contribution in [0.1, 0.15) is 17.2 Å². The maximum atomic E-state index is 14.7. The Balaban J connectivity index is 1.97. The lowest BCUT2D eigenvalue weighted by atomic mass is 9.95. The number of anilines is 1. The molecule has 0 unspecified atom stereocenters. The van der Waals surface area contributed by atoms with Crippen LogP contribution in [0, 0.1) is 5.82 Å². The number of carbonyl (C=O) groups excluding carboxylic acids is 2. The zero-order valence-corrected chi connectivity index (χ0v) is 15.7. The van der Waals surface area contributed by atoms with E-state index in [0.29, 0.717) is 5.02 Å². The molecule has 2 aromatic carbocycles. The van der Waals surface area contributed by atoms with E-state index in [1.54, 1.807) is 36.4 Å². The van der Waals surface area contributed by atoms with Crippen LogP contribution in [0.4, 0.5) is 10.2 Å². The van der Waals surface area contributed by atoms with Crippen molar-refractivity contribution in [1.82, 2.24) is 4.98 Å². The Bertz CT molecular complexity index is 1130. The van der Waals surface area contributed by atoms with Gasteiger partial charge in [0.1, 0.15) is 17.4 Å². The number of benzene rings is 2. The summed E-state index contributed by atoms with van der Waals surface area (Å²) in [6.45, 7) is 0. The van der Waals surface area contributed by atoms with Crippen LogP contribution < -0.4 is 4.90 Å². The van der Waals surface area contributed by atoms with Crippen molar-refractivity contribution in [3.05, 3.63) is 100 Å². The second kappa shape index (κ2) is 7.48. The molecule has 0 saturated carbocycles. The quantitative estimate of drug-likeness (QED) is 0.393. The predicted octanol–water partition coefficient (Wildman–Crippen LogP) is 4.50. The van der Waals surface area contributed by atoms with Crippen LogP contribution in [0.15, 0.2) is 78.5 Å². The molecule has 1 aromatic heterocycles. The molecule has 7 heteroatoms. The van der Waals surface area contributed by atoms with Crippen molar-refractivity contribution in [2.24, 2.45) is 0 Å². The summed E-state index contributed by atoms with van der Waals surface area (Å²) in [6.07, 6.45) is 1.46. The highest BCUT2D eigenvalue weighted by atomic mass is 35.5. The Morgan fingerprint density at radius 3 is 2.34 bits per heavy atom. The normalized spacial score (nSPS) is 18.3. The van der Waals surface area contributed by atoms with Gasteiger partial charge in [-0.2, -0.15) is 0 Å². The summed E-state index contributed by atoms with van der Waals surface area (Å²) in [5, 5.41) is 11.3. The maximum absolute atomic E-state index is 14.7. The zero-order chi connectivity index (χ0) is 20.5. The maximum Gasteiger partial charge on any atom is 0.301 e. The fraction of sp³-hybridized carbons (Fsp3) is 0.0455. The zero-order valence-electron chi connectivity index (χ0n) is 14.9. The highest BCUT2D eigenvalue weighted by molar-refractivity contribution is 6.51. The van der Waals surface area contributed by atoms with Crippen molar-refractivity contribution < 1.29 is 19.1 Å². The van der Waals surface area contributed by atoms with Crippen LogP contribution >= 0.6 is 11.6 Å². The van der Waals surface area contributed by atoms with Gasteiger partial charge in [0.2, 0.25) is 0 Å². The summed E-state index contributed by atoms with van der Waals surface area (Å²) in [4.78, 5) is 31.0. The Kier molecular flexibility index (Phi) is 4.86. The highest BCUT2D eigenvalue weighted by Crippen LogP contribution is 2.42. The van der Waals surface area contributed by atoms with Crippen molar-refractivity contribution >= 4 is 34.9 Å². The first-order valence-corrected chi connectivity index (χ1v) is 9.09. The number of aliphatic hydroxyl groups is 1. The summed E-state index contributed by atoms with van der Waals surface area (Å²) in [5.41, 5.74) is 0.149. The van der Waals surface area contributed by atoms with E-state index < -0.39 is 29.3 Å². The van der Waals surface area contributed by atoms with Gasteiger partial charge < -0.3 is 5.11 Å². The molecule has 1 aliphatic heterocycles. The molecule has 1 N–H and O–H groups in total. The van der Waals surface area contributed by atoms with Crippen molar-refractivity contribution in [2.45, 2.75) is 6.04 Å². The SMILES string of the molecule is O=C1C(=O)N(c2ccccn2)[C@@H](c2ccccc2F)C1=C(O)c1ccc(Cl)cc1. The summed E-state index contributed by atoms with van der Waals surface area (Å²) in [6, 6.07) is 15.6. The van der Waals surface area contributed by atoms with Gasteiger partial charge in [-0.15, -0.1) is 0 Å². The number of pyridine rings is 1. The second-order valence-electron chi connectivity index (χ2n) is 6.39. The minimum atomic E-state index is -1.17. The van der Waals surface area contributed by atoms with E-state index in [4.69, 9.17) is 11.6 Å². The molecule has 29 heavy (non-hydrogen) atoms. The van der Waals surface area contributed by atoms with Gasteiger partial charge >= 0.3 is 5.91 Å². The molecule has 3 aromatic rings. The largest absolute Gasteiger partial charge is 0.507 e. The number of rotatable bonds is 3. The molecular weight excluding hydrogens is 395 g/mol. The molecule has 0 bridgehead atoms. The van der Waals surface area contributed by atoms with Crippen LogP contribution in [0.2, 0.25) is 5.02 Å². The van der Waals surface area contributed by atoms with Gasteiger partial charge in [-0.25, -0.2) is 9.37 Å². The first kappa shape index (κ1) is 18.8. The molecule has 4 rings (SSSR count). The lowest BCUT2D eigenvalue weighted by Gasteiger charge is -2.24. The molecule has 1 fully saturated rings. The van der Waals surface area contributed by atoms with E-state index in [9.17, 15) is 19.1 Å². The highest BCUT2D eigenvalue weighted by Gasteiger charge is 2.48. The average Bonchev–Trinajstić information content (AvgIpc) is 3.00. The fourth-order valence-electron chi connectivity index (χ4n) is 3.32. The third-order valence-corrected chi connectivity index (χ3v) is 4.91. The number of nitrogens with zero attached hydrogens (tertiary/aromatic N) is 2. The van der Waals surface area contributed by atoms with Gasteiger partial charge in [0, 0.05) is 22.3 Å². The molecule has 0 radical (unpaired) electrons. The van der Waals surface area contributed by atoms with E-state index in [-0.39, 0.29) is 22.5 Å². The van der Waals surface area contributed by atoms with Crippen LogP contribution in [-0.4, -0.2) is 21.8 Å². The van der Waals surface area contributed by atoms with E-state index in [1.165, 1.54) is 36.5 Å². The van der Waals surface area contributed by atoms with E-state index in [0.717, 1.165) is 4.90 Å². The lowest BCUT2D eigenvalue weighted by molar-refractivity contribution is -0.132. The molecule has 1 amide bonds. The van der Waals surface area contributed by atoms with Gasteiger partial charge in [0.15, 0.2) is 0 Å². The number of Topliss-reactive ketones (excluding diaryl/α,β-unsaturated/α-hetero) is 1. The van der Waals surface area contributed by atoms with Crippen LogP contribution in [-0.2, 0) is 9.59 Å². The predicted molar refractivity (Wildman–Crippen MR) is 107 cm³/mol. The molecule has 144 valence electrons. The van der Waals surface area contributed by atoms with Gasteiger partial charge in [-0.1, -0.05) is 35.9 Å². The number of halogens is 2. The van der Waals surface area contributed by atoms with Gasteiger partial charge in [-0.3, -0.25) is 14.5 Å². The summed E-state index contributed by atoms with van der Waals surface area (Å²) in [7, 11) is 0. The first-order chi connectivity index (χ1) is 14.0. The number of aromatic nitrogens is 1.